The second-order valence-corrected chi connectivity index (χ2v) is 6.87. The molecule has 0 aliphatic rings. The lowest BCUT2D eigenvalue weighted by Gasteiger charge is -2.18. The molecule has 0 unspecified atom stereocenters. The number of nitrogens with zero attached hydrogens (tertiary/aromatic N) is 1. The predicted octanol–water partition coefficient (Wildman–Crippen LogP) is 2.71. The molecule has 3 amide bonds. The number of unbranched alkanes of at least 4 members (excludes halogenated alkanes) is 2. The van der Waals surface area contributed by atoms with Gasteiger partial charge in [0, 0.05) is 32.6 Å². The third kappa shape index (κ3) is 7.68. The highest BCUT2D eigenvalue weighted by Crippen LogP contribution is 2.21. The van der Waals surface area contributed by atoms with Gasteiger partial charge in [0.2, 0.25) is 17.7 Å². The molecule has 0 fully saturated rings. The zero-order valence-electron chi connectivity index (χ0n) is 16.6. The Morgan fingerprint density at radius 1 is 1.00 bits per heavy atom. The van der Waals surface area contributed by atoms with E-state index in [0.717, 1.165) is 41.6 Å². The molecule has 26 heavy (non-hydrogen) atoms. The first kappa shape index (κ1) is 21.7. The van der Waals surface area contributed by atoms with Gasteiger partial charge in [0.05, 0.1) is 6.54 Å². The van der Waals surface area contributed by atoms with Crippen molar-refractivity contribution in [2.75, 3.05) is 25.5 Å². The number of amides is 3. The number of benzene rings is 1. The molecule has 6 heteroatoms. The van der Waals surface area contributed by atoms with Crippen LogP contribution in [0.25, 0.3) is 0 Å². The Balaban J connectivity index is 2.37. The lowest BCUT2D eigenvalue weighted by molar-refractivity contribution is -0.133. The highest BCUT2D eigenvalue weighted by Gasteiger charge is 2.14. The Labute approximate surface area is 156 Å². The SMILES string of the molecule is CC(=O)NCCCCCC(=O)N(C)CC(=O)Nc1c(C)cc(C)cc1C. The Morgan fingerprint density at radius 3 is 2.19 bits per heavy atom. The summed E-state index contributed by atoms with van der Waals surface area (Å²) in [7, 11) is 1.65. The van der Waals surface area contributed by atoms with Crippen molar-refractivity contribution < 1.29 is 14.4 Å². The maximum atomic E-state index is 12.3. The molecule has 0 aromatic heterocycles. The minimum absolute atomic E-state index is 0.0362. The van der Waals surface area contributed by atoms with Crippen LogP contribution in [0.2, 0.25) is 0 Å². The molecule has 6 nitrogen and oxygen atoms in total. The summed E-state index contributed by atoms with van der Waals surface area (Å²) in [6.07, 6.45) is 2.88. The van der Waals surface area contributed by atoms with Crippen molar-refractivity contribution in [1.82, 2.24) is 10.2 Å². The Bertz CT molecular complexity index is 633. The van der Waals surface area contributed by atoms with Gasteiger partial charge in [0.1, 0.15) is 0 Å². The summed E-state index contributed by atoms with van der Waals surface area (Å²) in [5.41, 5.74) is 4.01. The zero-order valence-corrected chi connectivity index (χ0v) is 16.6. The number of carbonyl (C=O) groups is 3. The number of anilines is 1. The van der Waals surface area contributed by atoms with E-state index in [0.29, 0.717) is 13.0 Å². The first-order valence-corrected chi connectivity index (χ1v) is 9.06. The molecule has 0 atom stereocenters. The van der Waals surface area contributed by atoms with Crippen molar-refractivity contribution in [3.8, 4) is 0 Å². The van der Waals surface area contributed by atoms with Crippen molar-refractivity contribution in [1.29, 1.82) is 0 Å². The number of hydrogen-bond donors (Lipinski definition) is 2. The van der Waals surface area contributed by atoms with Crippen LogP contribution in [-0.2, 0) is 14.4 Å². The van der Waals surface area contributed by atoms with Crippen molar-refractivity contribution in [2.45, 2.75) is 53.4 Å². The largest absolute Gasteiger partial charge is 0.356 e. The number of aryl methyl sites for hydroxylation is 3. The fourth-order valence-electron chi connectivity index (χ4n) is 2.89. The second-order valence-electron chi connectivity index (χ2n) is 6.87. The van der Waals surface area contributed by atoms with Crippen LogP contribution in [-0.4, -0.2) is 42.8 Å². The summed E-state index contributed by atoms with van der Waals surface area (Å²) in [6.45, 7) is 8.11. The van der Waals surface area contributed by atoms with Crippen LogP contribution in [0.3, 0.4) is 0 Å². The third-order valence-electron chi connectivity index (χ3n) is 4.19. The monoisotopic (exact) mass is 361 g/mol. The average molecular weight is 361 g/mol. The van der Waals surface area contributed by atoms with Gasteiger partial charge in [-0.3, -0.25) is 14.4 Å². The smallest absolute Gasteiger partial charge is 0.243 e. The molecule has 0 radical (unpaired) electrons. The van der Waals surface area contributed by atoms with Gasteiger partial charge in [-0.05, 0) is 44.7 Å². The molecule has 1 rings (SSSR count). The molecule has 0 saturated heterocycles. The number of likely N-dealkylation sites (N-methyl/N-ethyl adjacent to an activating group) is 1. The van der Waals surface area contributed by atoms with Crippen molar-refractivity contribution >= 4 is 23.4 Å². The van der Waals surface area contributed by atoms with E-state index in [2.05, 4.69) is 10.6 Å². The van der Waals surface area contributed by atoms with Crippen LogP contribution in [0.5, 0.6) is 0 Å². The summed E-state index contributed by atoms with van der Waals surface area (Å²) in [5.74, 6) is -0.274. The topological polar surface area (TPSA) is 78.5 Å². The Kier molecular flexibility index (Phi) is 8.82. The molecule has 1 aromatic rings. The van der Waals surface area contributed by atoms with Gasteiger partial charge >= 0.3 is 0 Å². The van der Waals surface area contributed by atoms with E-state index in [1.54, 1.807) is 7.05 Å². The van der Waals surface area contributed by atoms with E-state index in [1.807, 2.05) is 32.9 Å². The minimum atomic E-state index is -0.193. The molecular formula is C20H31N3O3. The van der Waals surface area contributed by atoms with Crippen molar-refractivity contribution in [3.63, 3.8) is 0 Å². The Morgan fingerprint density at radius 2 is 1.62 bits per heavy atom. The fourth-order valence-corrected chi connectivity index (χ4v) is 2.89. The normalized spacial score (nSPS) is 10.3. The van der Waals surface area contributed by atoms with Gasteiger partial charge in [-0.25, -0.2) is 0 Å². The van der Waals surface area contributed by atoms with Crippen LogP contribution < -0.4 is 10.6 Å². The van der Waals surface area contributed by atoms with Gasteiger partial charge in [-0.1, -0.05) is 24.1 Å². The van der Waals surface area contributed by atoms with Crippen LogP contribution in [0.15, 0.2) is 12.1 Å². The summed E-state index contributed by atoms with van der Waals surface area (Å²) >= 11 is 0. The van der Waals surface area contributed by atoms with Crippen LogP contribution in [0.4, 0.5) is 5.69 Å². The van der Waals surface area contributed by atoms with Crippen molar-refractivity contribution in [2.24, 2.45) is 0 Å². The first-order chi connectivity index (χ1) is 12.2. The van der Waals surface area contributed by atoms with Gasteiger partial charge < -0.3 is 15.5 Å². The van der Waals surface area contributed by atoms with Gasteiger partial charge in [-0.2, -0.15) is 0 Å². The maximum Gasteiger partial charge on any atom is 0.243 e. The Hall–Kier alpha value is -2.37. The molecule has 144 valence electrons. The zero-order chi connectivity index (χ0) is 19.7. The second kappa shape index (κ2) is 10.6. The van der Waals surface area contributed by atoms with E-state index < -0.39 is 0 Å². The number of rotatable bonds is 9. The molecule has 0 aliphatic carbocycles. The summed E-state index contributed by atoms with van der Waals surface area (Å²) in [4.78, 5) is 36.6. The maximum absolute atomic E-state index is 12.3. The molecule has 0 spiro atoms. The minimum Gasteiger partial charge on any atom is -0.356 e. The number of hydrogen-bond acceptors (Lipinski definition) is 3. The van der Waals surface area contributed by atoms with E-state index in [1.165, 1.54) is 11.8 Å². The summed E-state index contributed by atoms with van der Waals surface area (Å²) < 4.78 is 0. The summed E-state index contributed by atoms with van der Waals surface area (Å²) in [5, 5.41) is 5.64. The van der Waals surface area contributed by atoms with Gasteiger partial charge in [0.25, 0.3) is 0 Å². The van der Waals surface area contributed by atoms with Crippen molar-refractivity contribution in [3.05, 3.63) is 28.8 Å². The van der Waals surface area contributed by atoms with Gasteiger partial charge in [-0.15, -0.1) is 0 Å². The average Bonchev–Trinajstić information content (AvgIpc) is 2.53. The quantitative estimate of drug-likeness (QED) is 0.664. The fraction of sp³-hybridized carbons (Fsp3) is 0.550. The standard InChI is InChI=1S/C20H31N3O3/c1-14-11-15(2)20(16(3)12-14)22-18(25)13-23(5)19(26)9-7-6-8-10-21-17(4)24/h11-12H,6-10,13H2,1-5H3,(H,21,24)(H,22,25). The van der Waals surface area contributed by atoms with E-state index >= 15 is 0 Å². The van der Waals surface area contributed by atoms with Crippen LogP contribution in [0.1, 0.15) is 49.3 Å². The lowest BCUT2D eigenvalue weighted by Crippen LogP contribution is -2.35. The van der Waals surface area contributed by atoms with E-state index in [9.17, 15) is 14.4 Å². The van der Waals surface area contributed by atoms with E-state index in [-0.39, 0.29) is 24.3 Å². The number of carbonyl (C=O) groups excluding carboxylic acids is 3. The molecule has 1 aromatic carbocycles. The lowest BCUT2D eigenvalue weighted by atomic mass is 10.1. The highest BCUT2D eigenvalue weighted by atomic mass is 16.2. The molecule has 0 aliphatic heterocycles. The van der Waals surface area contributed by atoms with Crippen LogP contribution in [0, 0.1) is 20.8 Å². The molecule has 0 saturated carbocycles. The molecule has 2 N–H and O–H groups in total. The molecule has 0 heterocycles. The molecular weight excluding hydrogens is 330 g/mol. The van der Waals surface area contributed by atoms with Gasteiger partial charge in [0.15, 0.2) is 0 Å². The summed E-state index contributed by atoms with van der Waals surface area (Å²) in [6, 6.07) is 4.05. The van der Waals surface area contributed by atoms with Crippen LogP contribution >= 0.6 is 0 Å². The predicted molar refractivity (Wildman–Crippen MR) is 104 cm³/mol. The third-order valence-corrected chi connectivity index (χ3v) is 4.19. The highest BCUT2D eigenvalue weighted by molar-refractivity contribution is 5.95. The molecule has 0 bridgehead atoms. The van der Waals surface area contributed by atoms with E-state index in [4.69, 9.17) is 0 Å². The number of nitrogens with one attached hydrogen (secondary N) is 2. The first-order valence-electron chi connectivity index (χ1n) is 9.06.